The summed E-state index contributed by atoms with van der Waals surface area (Å²) < 4.78 is 5.30. The van der Waals surface area contributed by atoms with Gasteiger partial charge in [0.15, 0.2) is 0 Å². The SMILES string of the molecule is CCC1NC(c2cccc(OC)c2)N(CCC(C)C)C1=O. The molecular formula is C17H26N2O2. The lowest BCUT2D eigenvalue weighted by molar-refractivity contribution is -0.130. The second kappa shape index (κ2) is 6.94. The van der Waals surface area contributed by atoms with Crippen LogP contribution < -0.4 is 10.1 Å². The number of carbonyl (C=O) groups excluding carboxylic acids is 1. The quantitative estimate of drug-likeness (QED) is 0.876. The van der Waals surface area contributed by atoms with Crippen molar-refractivity contribution in [3.63, 3.8) is 0 Å². The molecule has 116 valence electrons. The predicted molar refractivity (Wildman–Crippen MR) is 84.1 cm³/mol. The van der Waals surface area contributed by atoms with Crippen LogP contribution >= 0.6 is 0 Å². The summed E-state index contributed by atoms with van der Waals surface area (Å²) >= 11 is 0. The topological polar surface area (TPSA) is 41.6 Å². The smallest absolute Gasteiger partial charge is 0.241 e. The van der Waals surface area contributed by atoms with E-state index < -0.39 is 0 Å². The molecule has 4 nitrogen and oxygen atoms in total. The number of benzene rings is 1. The van der Waals surface area contributed by atoms with Gasteiger partial charge in [0.25, 0.3) is 0 Å². The summed E-state index contributed by atoms with van der Waals surface area (Å²) in [6.07, 6.45) is 1.79. The number of ether oxygens (including phenoxy) is 1. The van der Waals surface area contributed by atoms with Gasteiger partial charge in [0, 0.05) is 6.54 Å². The zero-order valence-electron chi connectivity index (χ0n) is 13.4. The molecule has 1 aromatic rings. The molecule has 0 aliphatic carbocycles. The fourth-order valence-corrected chi connectivity index (χ4v) is 2.70. The summed E-state index contributed by atoms with van der Waals surface area (Å²) in [5, 5.41) is 3.45. The number of hydrogen-bond acceptors (Lipinski definition) is 3. The predicted octanol–water partition coefficient (Wildman–Crippen LogP) is 2.95. The first-order chi connectivity index (χ1) is 10.1. The molecular weight excluding hydrogens is 264 g/mol. The van der Waals surface area contributed by atoms with Gasteiger partial charge in [0.2, 0.25) is 5.91 Å². The van der Waals surface area contributed by atoms with Gasteiger partial charge in [-0.05, 0) is 36.5 Å². The Balaban J connectivity index is 2.22. The highest BCUT2D eigenvalue weighted by Gasteiger charge is 2.38. The molecule has 1 heterocycles. The number of nitrogens with one attached hydrogen (secondary N) is 1. The molecule has 2 atom stereocenters. The molecule has 2 unspecified atom stereocenters. The van der Waals surface area contributed by atoms with Gasteiger partial charge in [0.05, 0.1) is 13.2 Å². The first-order valence-corrected chi connectivity index (χ1v) is 7.77. The lowest BCUT2D eigenvalue weighted by Crippen LogP contribution is -2.32. The van der Waals surface area contributed by atoms with Gasteiger partial charge in [-0.2, -0.15) is 0 Å². The Morgan fingerprint density at radius 2 is 2.14 bits per heavy atom. The van der Waals surface area contributed by atoms with Crippen molar-refractivity contribution in [1.29, 1.82) is 0 Å². The number of hydrogen-bond donors (Lipinski definition) is 1. The van der Waals surface area contributed by atoms with Gasteiger partial charge in [-0.15, -0.1) is 0 Å². The third-order valence-electron chi connectivity index (χ3n) is 4.02. The largest absolute Gasteiger partial charge is 0.497 e. The van der Waals surface area contributed by atoms with Gasteiger partial charge in [-0.3, -0.25) is 10.1 Å². The number of methoxy groups -OCH3 is 1. The molecule has 1 aliphatic rings. The summed E-state index contributed by atoms with van der Waals surface area (Å²) in [4.78, 5) is 14.5. The van der Waals surface area contributed by atoms with E-state index in [-0.39, 0.29) is 18.1 Å². The van der Waals surface area contributed by atoms with E-state index in [4.69, 9.17) is 4.74 Å². The molecule has 0 bridgehead atoms. The second-order valence-electron chi connectivity index (χ2n) is 6.02. The molecule has 1 fully saturated rings. The zero-order valence-corrected chi connectivity index (χ0v) is 13.4. The van der Waals surface area contributed by atoms with E-state index in [0.717, 1.165) is 30.7 Å². The normalized spacial score (nSPS) is 22.1. The summed E-state index contributed by atoms with van der Waals surface area (Å²) in [7, 11) is 1.66. The summed E-state index contributed by atoms with van der Waals surface area (Å²) in [6, 6.07) is 7.88. The molecule has 1 N–H and O–H groups in total. The Labute approximate surface area is 127 Å². The van der Waals surface area contributed by atoms with Gasteiger partial charge in [-0.1, -0.05) is 32.9 Å². The summed E-state index contributed by atoms with van der Waals surface area (Å²) in [6.45, 7) is 7.21. The fraction of sp³-hybridized carbons (Fsp3) is 0.588. The van der Waals surface area contributed by atoms with Crippen molar-refractivity contribution >= 4 is 5.91 Å². The maximum absolute atomic E-state index is 12.5. The third kappa shape index (κ3) is 3.56. The minimum Gasteiger partial charge on any atom is -0.497 e. The van der Waals surface area contributed by atoms with Crippen LogP contribution in [0.4, 0.5) is 0 Å². The summed E-state index contributed by atoms with van der Waals surface area (Å²) in [5.41, 5.74) is 1.09. The van der Waals surface area contributed by atoms with Crippen molar-refractivity contribution in [3.05, 3.63) is 29.8 Å². The molecule has 2 rings (SSSR count). The van der Waals surface area contributed by atoms with Gasteiger partial charge < -0.3 is 9.64 Å². The Bertz CT molecular complexity index is 487. The van der Waals surface area contributed by atoms with Crippen LogP contribution in [-0.2, 0) is 4.79 Å². The van der Waals surface area contributed by atoms with Crippen molar-refractivity contribution in [1.82, 2.24) is 10.2 Å². The van der Waals surface area contributed by atoms with E-state index in [9.17, 15) is 4.79 Å². The first-order valence-electron chi connectivity index (χ1n) is 7.77. The van der Waals surface area contributed by atoms with Crippen molar-refractivity contribution in [2.75, 3.05) is 13.7 Å². The monoisotopic (exact) mass is 290 g/mol. The van der Waals surface area contributed by atoms with Crippen molar-refractivity contribution < 1.29 is 9.53 Å². The molecule has 0 aromatic heterocycles. The van der Waals surface area contributed by atoms with E-state index in [1.54, 1.807) is 7.11 Å². The molecule has 4 heteroatoms. The molecule has 1 amide bonds. The fourth-order valence-electron chi connectivity index (χ4n) is 2.70. The van der Waals surface area contributed by atoms with Gasteiger partial charge in [-0.25, -0.2) is 0 Å². The molecule has 0 spiro atoms. The average Bonchev–Trinajstić information content (AvgIpc) is 2.81. The maximum atomic E-state index is 12.5. The molecule has 1 saturated heterocycles. The standard InChI is InChI=1S/C17H26N2O2/c1-5-15-17(20)19(10-9-12(2)3)16(18-15)13-7-6-8-14(11-13)21-4/h6-8,11-12,15-16,18H,5,9-10H2,1-4H3. The maximum Gasteiger partial charge on any atom is 0.241 e. The second-order valence-corrected chi connectivity index (χ2v) is 6.02. The number of nitrogens with zero attached hydrogens (tertiary/aromatic N) is 1. The minimum atomic E-state index is -0.0756. The van der Waals surface area contributed by atoms with Crippen LogP contribution in [0.25, 0.3) is 0 Å². The third-order valence-corrected chi connectivity index (χ3v) is 4.02. The molecule has 21 heavy (non-hydrogen) atoms. The average molecular weight is 290 g/mol. The van der Waals surface area contributed by atoms with E-state index in [1.165, 1.54) is 0 Å². The molecule has 1 aromatic carbocycles. The Kier molecular flexibility index (Phi) is 5.23. The molecule has 0 saturated carbocycles. The van der Waals surface area contributed by atoms with E-state index in [2.05, 4.69) is 19.2 Å². The van der Waals surface area contributed by atoms with E-state index in [0.29, 0.717) is 5.92 Å². The van der Waals surface area contributed by atoms with Crippen LogP contribution in [0.2, 0.25) is 0 Å². The minimum absolute atomic E-state index is 0.0451. The Hall–Kier alpha value is -1.55. The van der Waals surface area contributed by atoms with Crippen LogP contribution in [0.3, 0.4) is 0 Å². The highest BCUT2D eigenvalue weighted by atomic mass is 16.5. The molecule has 1 aliphatic heterocycles. The summed E-state index contributed by atoms with van der Waals surface area (Å²) in [5.74, 6) is 1.63. The Morgan fingerprint density at radius 3 is 2.76 bits per heavy atom. The Morgan fingerprint density at radius 1 is 1.38 bits per heavy atom. The highest BCUT2D eigenvalue weighted by molar-refractivity contribution is 5.84. The molecule has 0 radical (unpaired) electrons. The van der Waals surface area contributed by atoms with Crippen LogP contribution in [0, 0.1) is 5.92 Å². The van der Waals surface area contributed by atoms with Crippen LogP contribution in [0.5, 0.6) is 5.75 Å². The lowest BCUT2D eigenvalue weighted by Gasteiger charge is -2.25. The van der Waals surface area contributed by atoms with E-state index >= 15 is 0 Å². The first kappa shape index (κ1) is 15.8. The highest BCUT2D eigenvalue weighted by Crippen LogP contribution is 2.29. The van der Waals surface area contributed by atoms with Crippen molar-refractivity contribution in [2.45, 2.75) is 45.8 Å². The number of rotatable bonds is 6. The van der Waals surface area contributed by atoms with Crippen molar-refractivity contribution in [2.24, 2.45) is 5.92 Å². The number of amides is 1. The van der Waals surface area contributed by atoms with Crippen LogP contribution in [-0.4, -0.2) is 30.5 Å². The van der Waals surface area contributed by atoms with Crippen molar-refractivity contribution in [3.8, 4) is 5.75 Å². The van der Waals surface area contributed by atoms with Gasteiger partial charge >= 0.3 is 0 Å². The van der Waals surface area contributed by atoms with E-state index in [1.807, 2.05) is 36.1 Å². The van der Waals surface area contributed by atoms with Crippen LogP contribution in [0.1, 0.15) is 45.3 Å². The van der Waals surface area contributed by atoms with Crippen LogP contribution in [0.15, 0.2) is 24.3 Å². The zero-order chi connectivity index (χ0) is 15.4. The lowest BCUT2D eigenvalue weighted by atomic mass is 10.1. The van der Waals surface area contributed by atoms with Gasteiger partial charge in [0.1, 0.15) is 11.9 Å². The number of carbonyl (C=O) groups is 1.